The van der Waals surface area contributed by atoms with Crippen LogP contribution in [0.5, 0.6) is 0 Å². The first-order valence-corrected chi connectivity index (χ1v) is 8.29. The lowest BCUT2D eigenvalue weighted by molar-refractivity contribution is 0.0533. The van der Waals surface area contributed by atoms with E-state index in [1.54, 1.807) is 6.92 Å². The van der Waals surface area contributed by atoms with E-state index >= 15 is 0 Å². The molecule has 0 aliphatic carbocycles. The minimum Gasteiger partial charge on any atom is -0.462 e. The van der Waals surface area contributed by atoms with Gasteiger partial charge in [0.2, 0.25) is 0 Å². The van der Waals surface area contributed by atoms with E-state index in [1.807, 2.05) is 6.07 Å². The number of nitrogens with zero attached hydrogens (tertiary/aromatic N) is 2. The van der Waals surface area contributed by atoms with Gasteiger partial charge in [-0.2, -0.15) is 0 Å². The highest BCUT2D eigenvalue weighted by atomic mass is 32.1. The molecule has 2 heterocycles. The van der Waals surface area contributed by atoms with Gasteiger partial charge in [-0.15, -0.1) is 11.3 Å². The van der Waals surface area contributed by atoms with Crippen molar-refractivity contribution in [2.24, 2.45) is 5.92 Å². The molecule has 0 atom stereocenters. The third-order valence-electron chi connectivity index (χ3n) is 3.76. The average molecular weight is 311 g/mol. The topological polar surface area (TPSA) is 58.8 Å². The van der Waals surface area contributed by atoms with Crippen LogP contribution < -0.4 is 10.6 Å². The molecule has 0 radical (unpaired) electrons. The third-order valence-corrected chi connectivity index (χ3v) is 4.95. The van der Waals surface area contributed by atoms with Gasteiger partial charge in [-0.1, -0.05) is 0 Å². The molecule has 1 aromatic rings. The minimum atomic E-state index is -0.311. The largest absolute Gasteiger partial charge is 0.462 e. The zero-order valence-corrected chi connectivity index (χ0v) is 13.9. The second kappa shape index (κ2) is 7.13. The molecule has 6 heteroatoms. The van der Waals surface area contributed by atoms with Gasteiger partial charge in [-0.25, -0.2) is 4.79 Å². The Morgan fingerprint density at radius 3 is 2.71 bits per heavy atom. The quantitative estimate of drug-likeness (QED) is 0.846. The Kier molecular flexibility index (Phi) is 5.47. The molecule has 0 spiro atoms. The maximum Gasteiger partial charge on any atom is 0.350 e. The number of carbonyl (C=O) groups excluding carboxylic acids is 1. The standard InChI is InChI=1S/C15H25N3O2S/c1-4-20-15(19)14-12(16)9-13(21-14)18-7-5-11(6-8-18)10-17(2)3/h9,11H,4-8,10,16H2,1-3H3. The van der Waals surface area contributed by atoms with E-state index in [2.05, 4.69) is 23.9 Å². The van der Waals surface area contributed by atoms with Crippen LogP contribution in [0.15, 0.2) is 6.07 Å². The van der Waals surface area contributed by atoms with E-state index < -0.39 is 0 Å². The van der Waals surface area contributed by atoms with Gasteiger partial charge >= 0.3 is 5.97 Å². The normalized spacial score (nSPS) is 16.5. The maximum atomic E-state index is 11.8. The van der Waals surface area contributed by atoms with Crippen molar-refractivity contribution in [2.45, 2.75) is 19.8 Å². The van der Waals surface area contributed by atoms with Crippen molar-refractivity contribution in [3.05, 3.63) is 10.9 Å². The monoisotopic (exact) mass is 311 g/mol. The Labute approximate surface area is 130 Å². The highest BCUT2D eigenvalue weighted by Gasteiger charge is 2.23. The molecule has 2 N–H and O–H groups in total. The van der Waals surface area contributed by atoms with E-state index in [-0.39, 0.29) is 5.97 Å². The highest BCUT2D eigenvalue weighted by Crippen LogP contribution is 2.35. The van der Waals surface area contributed by atoms with Crippen molar-refractivity contribution in [1.29, 1.82) is 0 Å². The average Bonchev–Trinajstić information content (AvgIpc) is 2.81. The van der Waals surface area contributed by atoms with E-state index in [4.69, 9.17) is 10.5 Å². The number of ether oxygens (including phenoxy) is 1. The summed E-state index contributed by atoms with van der Waals surface area (Å²) in [6.45, 7) is 5.38. The molecule has 1 aliphatic heterocycles. The number of rotatable bonds is 5. The zero-order chi connectivity index (χ0) is 15.4. The number of thiophene rings is 1. The third kappa shape index (κ3) is 4.11. The summed E-state index contributed by atoms with van der Waals surface area (Å²) in [6.07, 6.45) is 2.37. The molecule has 1 fully saturated rings. The number of nitrogens with two attached hydrogens (primary N) is 1. The summed E-state index contributed by atoms with van der Waals surface area (Å²) in [5, 5.41) is 1.08. The van der Waals surface area contributed by atoms with E-state index in [1.165, 1.54) is 24.2 Å². The fraction of sp³-hybridized carbons (Fsp3) is 0.667. The van der Waals surface area contributed by atoms with Gasteiger partial charge in [0.1, 0.15) is 4.88 Å². The lowest BCUT2D eigenvalue weighted by Crippen LogP contribution is -2.36. The zero-order valence-electron chi connectivity index (χ0n) is 13.1. The van der Waals surface area contributed by atoms with E-state index in [0.717, 1.165) is 30.6 Å². The minimum absolute atomic E-state index is 0.311. The molecular weight excluding hydrogens is 286 g/mol. The van der Waals surface area contributed by atoms with Crippen molar-refractivity contribution in [1.82, 2.24) is 4.90 Å². The first kappa shape index (κ1) is 16.1. The molecule has 0 aromatic carbocycles. The molecule has 1 aliphatic rings. The number of carbonyl (C=O) groups is 1. The molecule has 118 valence electrons. The van der Waals surface area contributed by atoms with Crippen LogP contribution in [0.3, 0.4) is 0 Å². The predicted molar refractivity (Wildman–Crippen MR) is 88.2 cm³/mol. The number of hydrogen-bond acceptors (Lipinski definition) is 6. The maximum absolute atomic E-state index is 11.8. The van der Waals surface area contributed by atoms with Crippen LogP contribution in [0, 0.1) is 5.92 Å². The molecule has 0 bridgehead atoms. The van der Waals surface area contributed by atoms with Crippen molar-refractivity contribution in [2.75, 3.05) is 51.0 Å². The summed E-state index contributed by atoms with van der Waals surface area (Å²) in [6, 6.07) is 1.91. The van der Waals surface area contributed by atoms with Crippen molar-refractivity contribution in [3.63, 3.8) is 0 Å². The lowest BCUT2D eigenvalue weighted by atomic mass is 9.96. The van der Waals surface area contributed by atoms with Gasteiger partial charge in [-0.3, -0.25) is 0 Å². The summed E-state index contributed by atoms with van der Waals surface area (Å²) >= 11 is 1.45. The Bertz CT molecular complexity index is 479. The molecule has 1 saturated heterocycles. The van der Waals surface area contributed by atoms with Gasteiger partial charge < -0.3 is 20.3 Å². The SMILES string of the molecule is CCOC(=O)c1sc(N2CCC(CN(C)C)CC2)cc1N. The van der Waals surface area contributed by atoms with Crippen LogP contribution in [-0.4, -0.2) is 51.2 Å². The van der Waals surface area contributed by atoms with Gasteiger partial charge in [0.25, 0.3) is 0 Å². The van der Waals surface area contributed by atoms with Crippen LogP contribution in [0.4, 0.5) is 10.7 Å². The van der Waals surface area contributed by atoms with Crippen LogP contribution in [0.1, 0.15) is 29.4 Å². The van der Waals surface area contributed by atoms with Crippen LogP contribution in [0.2, 0.25) is 0 Å². The molecule has 2 rings (SSSR count). The van der Waals surface area contributed by atoms with E-state index in [0.29, 0.717) is 17.2 Å². The number of anilines is 2. The Morgan fingerprint density at radius 2 is 2.14 bits per heavy atom. The highest BCUT2D eigenvalue weighted by molar-refractivity contribution is 7.18. The Hall–Kier alpha value is -1.27. The molecule has 1 aromatic heterocycles. The fourth-order valence-corrected chi connectivity index (χ4v) is 3.78. The van der Waals surface area contributed by atoms with Crippen LogP contribution in [0.25, 0.3) is 0 Å². The van der Waals surface area contributed by atoms with Crippen LogP contribution in [-0.2, 0) is 4.74 Å². The molecule has 0 saturated carbocycles. The molecular formula is C15H25N3O2S. The predicted octanol–water partition coefficient (Wildman–Crippen LogP) is 2.29. The molecule has 0 amide bonds. The summed E-state index contributed by atoms with van der Waals surface area (Å²) in [5.41, 5.74) is 6.48. The number of nitrogen functional groups attached to an aromatic ring is 1. The van der Waals surface area contributed by atoms with E-state index in [9.17, 15) is 4.79 Å². The smallest absolute Gasteiger partial charge is 0.350 e. The number of esters is 1. The molecule has 0 unspecified atom stereocenters. The molecule has 21 heavy (non-hydrogen) atoms. The van der Waals surface area contributed by atoms with Crippen molar-refractivity contribution in [3.8, 4) is 0 Å². The fourth-order valence-electron chi connectivity index (χ4n) is 2.76. The Balaban J connectivity index is 1.98. The van der Waals surface area contributed by atoms with Crippen molar-refractivity contribution >= 4 is 28.0 Å². The number of piperidine rings is 1. The van der Waals surface area contributed by atoms with Gasteiger partial charge in [0, 0.05) is 19.6 Å². The number of hydrogen-bond donors (Lipinski definition) is 1. The first-order chi connectivity index (χ1) is 10.0. The summed E-state index contributed by atoms with van der Waals surface area (Å²) in [7, 11) is 4.25. The van der Waals surface area contributed by atoms with Crippen LogP contribution >= 0.6 is 11.3 Å². The summed E-state index contributed by atoms with van der Waals surface area (Å²) < 4.78 is 5.04. The molecule has 5 nitrogen and oxygen atoms in total. The summed E-state index contributed by atoms with van der Waals surface area (Å²) in [4.78, 5) is 16.9. The van der Waals surface area contributed by atoms with Gasteiger partial charge in [0.15, 0.2) is 0 Å². The second-order valence-electron chi connectivity index (χ2n) is 5.78. The van der Waals surface area contributed by atoms with Gasteiger partial charge in [-0.05, 0) is 45.8 Å². The lowest BCUT2D eigenvalue weighted by Gasteiger charge is -2.33. The first-order valence-electron chi connectivity index (χ1n) is 7.47. The van der Waals surface area contributed by atoms with Gasteiger partial charge in [0.05, 0.1) is 17.3 Å². The Morgan fingerprint density at radius 1 is 1.48 bits per heavy atom. The second-order valence-corrected chi connectivity index (χ2v) is 6.81. The van der Waals surface area contributed by atoms with Crippen molar-refractivity contribution < 1.29 is 9.53 Å². The summed E-state index contributed by atoms with van der Waals surface area (Å²) in [5.74, 6) is 0.451.